The molecule has 172 valence electrons. The lowest BCUT2D eigenvalue weighted by atomic mass is 9.99. The number of nitrogens with zero attached hydrogens (tertiary/aromatic N) is 3. The number of hydrogen-bond acceptors (Lipinski definition) is 4. The molecule has 0 saturated carbocycles. The van der Waals surface area contributed by atoms with Gasteiger partial charge in [0.2, 0.25) is 5.91 Å². The number of rotatable bonds is 8. The Morgan fingerprint density at radius 3 is 2.33 bits per heavy atom. The second-order valence-corrected chi connectivity index (χ2v) is 8.70. The highest BCUT2D eigenvalue weighted by molar-refractivity contribution is 6.00. The summed E-state index contributed by atoms with van der Waals surface area (Å²) in [5.41, 5.74) is 4.94. The molecule has 1 aromatic heterocycles. The summed E-state index contributed by atoms with van der Waals surface area (Å²) in [5.74, 6) is 0.0750. The van der Waals surface area contributed by atoms with Crippen LogP contribution in [0.15, 0.2) is 61.1 Å². The van der Waals surface area contributed by atoms with Crippen molar-refractivity contribution in [2.45, 2.75) is 47.1 Å². The van der Waals surface area contributed by atoms with Gasteiger partial charge in [0, 0.05) is 36.6 Å². The smallest absolute Gasteiger partial charge is 0.251 e. The maximum atomic E-state index is 13.2. The minimum absolute atomic E-state index is 0.0489. The second kappa shape index (κ2) is 10.9. The fourth-order valence-corrected chi connectivity index (χ4v) is 3.66. The summed E-state index contributed by atoms with van der Waals surface area (Å²) in [4.78, 5) is 36.3. The van der Waals surface area contributed by atoms with Crippen LogP contribution in [0.25, 0.3) is 11.1 Å². The van der Waals surface area contributed by atoms with Gasteiger partial charge in [-0.25, -0.2) is 0 Å². The number of hydrogen-bond donors (Lipinski definition) is 1. The van der Waals surface area contributed by atoms with E-state index in [2.05, 4.69) is 15.3 Å². The average Bonchev–Trinajstić information content (AvgIpc) is 2.80. The summed E-state index contributed by atoms with van der Waals surface area (Å²) in [6, 6.07) is 13.5. The van der Waals surface area contributed by atoms with Gasteiger partial charge in [0.05, 0.1) is 17.9 Å². The van der Waals surface area contributed by atoms with Gasteiger partial charge in [-0.3, -0.25) is 19.6 Å². The molecule has 2 amide bonds. The first-order chi connectivity index (χ1) is 15.8. The van der Waals surface area contributed by atoms with E-state index in [1.807, 2.05) is 71.0 Å². The summed E-state index contributed by atoms with van der Waals surface area (Å²) in [5, 5.41) is 3.00. The Morgan fingerprint density at radius 1 is 1.00 bits per heavy atom. The fourth-order valence-electron chi connectivity index (χ4n) is 3.66. The maximum Gasteiger partial charge on any atom is 0.251 e. The molecule has 1 atom stereocenters. The zero-order valence-electron chi connectivity index (χ0n) is 20.0. The Labute approximate surface area is 196 Å². The van der Waals surface area contributed by atoms with Gasteiger partial charge in [-0.1, -0.05) is 43.7 Å². The topological polar surface area (TPSA) is 75.2 Å². The average molecular weight is 445 g/mol. The summed E-state index contributed by atoms with van der Waals surface area (Å²) >= 11 is 0. The first-order valence-corrected chi connectivity index (χ1v) is 11.4. The van der Waals surface area contributed by atoms with Crippen molar-refractivity contribution in [1.29, 1.82) is 0 Å². The lowest BCUT2D eigenvalue weighted by Gasteiger charge is -2.24. The van der Waals surface area contributed by atoms with Crippen LogP contribution >= 0.6 is 0 Å². The molecule has 0 fully saturated rings. The molecule has 1 N–H and O–H groups in total. The number of aromatic nitrogens is 2. The number of carbonyl (C=O) groups is 2. The molecule has 1 heterocycles. The van der Waals surface area contributed by atoms with E-state index in [9.17, 15) is 9.59 Å². The van der Waals surface area contributed by atoms with Crippen molar-refractivity contribution < 1.29 is 9.59 Å². The Bertz CT molecular complexity index is 1090. The Hall–Kier alpha value is -3.54. The molecule has 0 aliphatic rings. The minimum atomic E-state index is -0.303. The van der Waals surface area contributed by atoms with E-state index >= 15 is 0 Å². The summed E-state index contributed by atoms with van der Waals surface area (Å²) in [7, 11) is 0. The predicted molar refractivity (Wildman–Crippen MR) is 132 cm³/mol. The van der Waals surface area contributed by atoms with Gasteiger partial charge >= 0.3 is 0 Å². The zero-order chi connectivity index (χ0) is 24.0. The van der Waals surface area contributed by atoms with Crippen LogP contribution in [0.5, 0.6) is 0 Å². The van der Waals surface area contributed by atoms with E-state index in [0.717, 1.165) is 22.4 Å². The van der Waals surface area contributed by atoms with Gasteiger partial charge in [-0.15, -0.1) is 0 Å². The number of carbonyl (C=O) groups excluding carboxylic acids is 2. The quantitative estimate of drug-likeness (QED) is 0.509. The van der Waals surface area contributed by atoms with Crippen LogP contribution in [-0.2, 0) is 4.79 Å². The highest BCUT2D eigenvalue weighted by Gasteiger charge is 2.20. The van der Waals surface area contributed by atoms with Crippen LogP contribution in [0.1, 0.15) is 61.8 Å². The number of benzene rings is 2. The van der Waals surface area contributed by atoms with Crippen LogP contribution < -0.4 is 10.2 Å². The molecule has 0 spiro atoms. The van der Waals surface area contributed by atoms with Crippen LogP contribution in [0.2, 0.25) is 0 Å². The monoisotopic (exact) mass is 444 g/mol. The second-order valence-electron chi connectivity index (χ2n) is 8.70. The van der Waals surface area contributed by atoms with Gasteiger partial charge < -0.3 is 10.2 Å². The van der Waals surface area contributed by atoms with Crippen LogP contribution in [0, 0.1) is 12.8 Å². The van der Waals surface area contributed by atoms with Crippen molar-refractivity contribution in [3.05, 3.63) is 77.9 Å². The van der Waals surface area contributed by atoms with Gasteiger partial charge in [0.15, 0.2) is 0 Å². The molecule has 0 aliphatic carbocycles. The molecule has 0 aliphatic heterocycles. The van der Waals surface area contributed by atoms with Gasteiger partial charge in [-0.2, -0.15) is 0 Å². The van der Waals surface area contributed by atoms with E-state index in [0.29, 0.717) is 24.2 Å². The van der Waals surface area contributed by atoms with Crippen LogP contribution in [0.4, 0.5) is 5.69 Å². The Morgan fingerprint density at radius 2 is 1.73 bits per heavy atom. The third kappa shape index (κ3) is 6.25. The number of amides is 2. The lowest BCUT2D eigenvalue weighted by molar-refractivity contribution is -0.119. The predicted octanol–water partition coefficient (Wildman–Crippen LogP) is 5.34. The summed E-state index contributed by atoms with van der Waals surface area (Å²) < 4.78 is 0. The lowest BCUT2D eigenvalue weighted by Crippen LogP contribution is -2.32. The molecule has 1 unspecified atom stereocenters. The van der Waals surface area contributed by atoms with E-state index in [1.165, 1.54) is 0 Å². The standard InChI is InChI=1S/C27H32N4O2/c1-6-31(26(32)13-18(2)3)24-15-22(21-9-7-19(4)8-10-21)14-23(16-24)27(33)30-20(5)25-17-28-11-12-29-25/h7-12,14-18,20H,6,13H2,1-5H3,(H,30,33). The first-order valence-electron chi connectivity index (χ1n) is 11.4. The fraction of sp³-hybridized carbons (Fsp3) is 0.333. The van der Waals surface area contributed by atoms with Gasteiger partial charge in [0.1, 0.15) is 0 Å². The number of anilines is 1. The van der Waals surface area contributed by atoms with Gasteiger partial charge in [-0.05, 0) is 56.0 Å². The highest BCUT2D eigenvalue weighted by Crippen LogP contribution is 2.28. The highest BCUT2D eigenvalue weighted by atomic mass is 16.2. The van der Waals surface area contributed by atoms with Crippen molar-refractivity contribution in [1.82, 2.24) is 15.3 Å². The van der Waals surface area contributed by atoms with E-state index in [4.69, 9.17) is 0 Å². The molecule has 0 radical (unpaired) electrons. The largest absolute Gasteiger partial charge is 0.344 e. The molecule has 6 nitrogen and oxygen atoms in total. The third-order valence-electron chi connectivity index (χ3n) is 5.45. The Balaban J connectivity index is 2.00. The molecule has 6 heteroatoms. The maximum absolute atomic E-state index is 13.2. The Kier molecular flexibility index (Phi) is 7.93. The molecule has 3 aromatic rings. The molecule has 2 aromatic carbocycles. The molecular weight excluding hydrogens is 412 g/mol. The zero-order valence-corrected chi connectivity index (χ0v) is 20.0. The van der Waals surface area contributed by atoms with E-state index < -0.39 is 0 Å². The van der Waals surface area contributed by atoms with Crippen molar-refractivity contribution in [3.8, 4) is 11.1 Å². The molecule has 33 heavy (non-hydrogen) atoms. The van der Waals surface area contributed by atoms with Crippen molar-refractivity contribution in [2.24, 2.45) is 5.92 Å². The minimum Gasteiger partial charge on any atom is -0.344 e. The number of nitrogens with one attached hydrogen (secondary N) is 1. The normalized spacial score (nSPS) is 11.8. The number of aryl methyl sites for hydroxylation is 1. The SMILES string of the molecule is CCN(C(=O)CC(C)C)c1cc(C(=O)NC(C)c2cnccn2)cc(-c2ccc(C)cc2)c1. The van der Waals surface area contributed by atoms with Gasteiger partial charge in [0.25, 0.3) is 5.91 Å². The van der Waals surface area contributed by atoms with Crippen LogP contribution in [-0.4, -0.2) is 28.3 Å². The van der Waals surface area contributed by atoms with E-state index in [1.54, 1.807) is 29.6 Å². The summed E-state index contributed by atoms with van der Waals surface area (Å²) in [6.07, 6.45) is 5.30. The van der Waals surface area contributed by atoms with Crippen LogP contribution in [0.3, 0.4) is 0 Å². The summed E-state index contributed by atoms with van der Waals surface area (Å²) in [6.45, 7) is 10.4. The van der Waals surface area contributed by atoms with E-state index in [-0.39, 0.29) is 23.8 Å². The first kappa shape index (κ1) is 24.1. The van der Waals surface area contributed by atoms with Crippen molar-refractivity contribution >= 4 is 17.5 Å². The molecule has 0 saturated heterocycles. The molecule has 0 bridgehead atoms. The molecular formula is C27H32N4O2. The molecule has 3 rings (SSSR count). The van der Waals surface area contributed by atoms with Crippen molar-refractivity contribution in [3.63, 3.8) is 0 Å². The van der Waals surface area contributed by atoms with Crippen molar-refractivity contribution in [2.75, 3.05) is 11.4 Å². The third-order valence-corrected chi connectivity index (χ3v) is 5.45.